The molecule has 6 heteroatoms. The van der Waals surface area contributed by atoms with E-state index < -0.39 is 17.9 Å². The standard InChI is InChI=1S/C22H26N2O4/c1-14(2)20(21(26)24-10-9-18(13-24)22(27)28)23-19(25)12-15-7-8-16-5-3-4-6-17(16)11-15/h3-8,11,14,18,20H,9-10,12-13H2,1-2H3,(H,23,25)(H,27,28). The normalized spacial score (nSPS) is 17.7. The maximum Gasteiger partial charge on any atom is 0.308 e. The number of hydrogen-bond acceptors (Lipinski definition) is 3. The number of carboxylic acid groups (broad SMARTS) is 1. The fourth-order valence-electron chi connectivity index (χ4n) is 3.63. The van der Waals surface area contributed by atoms with Gasteiger partial charge in [0.05, 0.1) is 12.3 Å². The molecular formula is C22H26N2O4. The number of likely N-dealkylation sites (tertiary alicyclic amines) is 1. The Hall–Kier alpha value is -2.89. The Balaban J connectivity index is 1.65. The van der Waals surface area contributed by atoms with E-state index in [-0.39, 0.29) is 30.7 Å². The molecule has 0 bridgehead atoms. The number of aliphatic carboxylic acids is 1. The molecule has 148 valence electrons. The minimum absolute atomic E-state index is 0.0862. The molecule has 0 spiro atoms. The van der Waals surface area contributed by atoms with Gasteiger partial charge >= 0.3 is 5.97 Å². The van der Waals surface area contributed by atoms with E-state index in [1.807, 2.05) is 56.3 Å². The van der Waals surface area contributed by atoms with E-state index >= 15 is 0 Å². The Morgan fingerprint density at radius 3 is 2.50 bits per heavy atom. The smallest absolute Gasteiger partial charge is 0.308 e. The largest absolute Gasteiger partial charge is 0.481 e. The van der Waals surface area contributed by atoms with Crippen LogP contribution in [0, 0.1) is 11.8 Å². The van der Waals surface area contributed by atoms with Gasteiger partial charge in [-0.05, 0) is 28.7 Å². The molecule has 0 saturated carbocycles. The van der Waals surface area contributed by atoms with Crippen LogP contribution in [-0.4, -0.2) is 46.9 Å². The van der Waals surface area contributed by atoms with Crippen LogP contribution in [0.4, 0.5) is 0 Å². The van der Waals surface area contributed by atoms with Gasteiger partial charge in [-0.25, -0.2) is 0 Å². The first-order valence-corrected chi connectivity index (χ1v) is 9.64. The molecule has 3 rings (SSSR count). The van der Waals surface area contributed by atoms with E-state index in [4.69, 9.17) is 5.11 Å². The number of hydrogen-bond donors (Lipinski definition) is 2. The minimum Gasteiger partial charge on any atom is -0.481 e. The van der Waals surface area contributed by atoms with E-state index in [0.717, 1.165) is 16.3 Å². The maximum absolute atomic E-state index is 12.8. The molecule has 0 aromatic heterocycles. The summed E-state index contributed by atoms with van der Waals surface area (Å²) in [7, 11) is 0. The molecule has 28 heavy (non-hydrogen) atoms. The lowest BCUT2D eigenvalue weighted by molar-refractivity contribution is -0.142. The predicted octanol–water partition coefficient (Wildman–Crippen LogP) is 2.46. The highest BCUT2D eigenvalue weighted by Crippen LogP contribution is 2.19. The van der Waals surface area contributed by atoms with Crippen molar-refractivity contribution in [3.8, 4) is 0 Å². The van der Waals surface area contributed by atoms with Crippen LogP contribution in [0.25, 0.3) is 10.8 Å². The Morgan fingerprint density at radius 2 is 1.86 bits per heavy atom. The van der Waals surface area contributed by atoms with Gasteiger partial charge < -0.3 is 15.3 Å². The van der Waals surface area contributed by atoms with Gasteiger partial charge in [0.2, 0.25) is 11.8 Å². The predicted molar refractivity (Wildman–Crippen MR) is 107 cm³/mol. The van der Waals surface area contributed by atoms with Gasteiger partial charge in [-0.2, -0.15) is 0 Å². The first kappa shape index (κ1) is 19.9. The second-order valence-corrected chi connectivity index (χ2v) is 7.76. The van der Waals surface area contributed by atoms with Crippen LogP contribution >= 0.6 is 0 Å². The second-order valence-electron chi connectivity index (χ2n) is 7.76. The van der Waals surface area contributed by atoms with Gasteiger partial charge in [0.15, 0.2) is 0 Å². The van der Waals surface area contributed by atoms with Crippen LogP contribution in [0.5, 0.6) is 0 Å². The van der Waals surface area contributed by atoms with Crippen molar-refractivity contribution in [1.82, 2.24) is 10.2 Å². The van der Waals surface area contributed by atoms with Crippen molar-refractivity contribution in [2.24, 2.45) is 11.8 Å². The third-order valence-electron chi connectivity index (χ3n) is 5.28. The number of nitrogens with one attached hydrogen (secondary N) is 1. The van der Waals surface area contributed by atoms with Crippen LogP contribution in [0.15, 0.2) is 42.5 Å². The topological polar surface area (TPSA) is 86.7 Å². The molecule has 1 heterocycles. The monoisotopic (exact) mass is 382 g/mol. The van der Waals surface area contributed by atoms with Crippen molar-refractivity contribution in [1.29, 1.82) is 0 Å². The molecule has 2 aromatic carbocycles. The minimum atomic E-state index is -0.878. The Bertz CT molecular complexity index is 893. The van der Waals surface area contributed by atoms with Crippen LogP contribution in [0.2, 0.25) is 0 Å². The van der Waals surface area contributed by atoms with Crippen molar-refractivity contribution in [3.63, 3.8) is 0 Å². The molecule has 2 aromatic rings. The molecule has 1 fully saturated rings. The van der Waals surface area contributed by atoms with Gasteiger partial charge in [-0.15, -0.1) is 0 Å². The Kier molecular flexibility index (Phi) is 5.97. The summed E-state index contributed by atoms with van der Waals surface area (Å²) in [4.78, 5) is 38.1. The van der Waals surface area contributed by atoms with E-state index in [1.54, 1.807) is 4.90 Å². The zero-order valence-electron chi connectivity index (χ0n) is 16.2. The van der Waals surface area contributed by atoms with Crippen molar-refractivity contribution in [3.05, 3.63) is 48.0 Å². The van der Waals surface area contributed by atoms with Gasteiger partial charge in [-0.1, -0.05) is 56.3 Å². The molecule has 0 radical (unpaired) electrons. The zero-order chi connectivity index (χ0) is 20.3. The molecule has 1 saturated heterocycles. The molecule has 6 nitrogen and oxygen atoms in total. The molecule has 2 amide bonds. The number of amides is 2. The molecule has 2 atom stereocenters. The molecule has 0 aliphatic carbocycles. The van der Waals surface area contributed by atoms with Gasteiger partial charge in [0.25, 0.3) is 0 Å². The summed E-state index contributed by atoms with van der Waals surface area (Å²) in [6.07, 6.45) is 0.649. The summed E-state index contributed by atoms with van der Waals surface area (Å²) >= 11 is 0. The van der Waals surface area contributed by atoms with Crippen molar-refractivity contribution in [2.75, 3.05) is 13.1 Å². The van der Waals surface area contributed by atoms with Crippen LogP contribution < -0.4 is 5.32 Å². The number of carbonyl (C=O) groups excluding carboxylic acids is 2. The molecule has 1 aliphatic heterocycles. The molecule has 2 N–H and O–H groups in total. The number of fused-ring (bicyclic) bond motifs is 1. The fourth-order valence-corrected chi connectivity index (χ4v) is 3.63. The maximum atomic E-state index is 12.8. The summed E-state index contributed by atoms with van der Waals surface area (Å²) in [6, 6.07) is 13.2. The summed E-state index contributed by atoms with van der Waals surface area (Å²) in [6.45, 7) is 4.38. The van der Waals surface area contributed by atoms with Crippen molar-refractivity contribution < 1.29 is 19.5 Å². The van der Waals surface area contributed by atoms with E-state index in [9.17, 15) is 14.4 Å². The van der Waals surface area contributed by atoms with Gasteiger partial charge in [-0.3, -0.25) is 14.4 Å². The van der Waals surface area contributed by atoms with Crippen LogP contribution in [0.3, 0.4) is 0 Å². The highest BCUT2D eigenvalue weighted by atomic mass is 16.4. The van der Waals surface area contributed by atoms with Crippen molar-refractivity contribution in [2.45, 2.75) is 32.7 Å². The first-order valence-electron chi connectivity index (χ1n) is 9.64. The van der Waals surface area contributed by atoms with E-state index in [2.05, 4.69) is 5.32 Å². The average Bonchev–Trinajstić information content (AvgIpc) is 3.16. The van der Waals surface area contributed by atoms with Gasteiger partial charge in [0, 0.05) is 13.1 Å². The number of carbonyl (C=O) groups is 3. The Morgan fingerprint density at radius 1 is 1.14 bits per heavy atom. The summed E-state index contributed by atoms with van der Waals surface area (Å²) in [5.74, 6) is -1.90. The van der Waals surface area contributed by atoms with Crippen molar-refractivity contribution >= 4 is 28.6 Å². The van der Waals surface area contributed by atoms with E-state index in [1.165, 1.54) is 0 Å². The number of nitrogens with zero attached hydrogens (tertiary/aromatic N) is 1. The highest BCUT2D eigenvalue weighted by molar-refractivity contribution is 5.90. The summed E-state index contributed by atoms with van der Waals surface area (Å²) in [5, 5.41) is 14.2. The summed E-state index contributed by atoms with van der Waals surface area (Å²) in [5.41, 5.74) is 0.887. The highest BCUT2D eigenvalue weighted by Gasteiger charge is 2.35. The first-order chi connectivity index (χ1) is 13.3. The lowest BCUT2D eigenvalue weighted by Crippen LogP contribution is -2.51. The lowest BCUT2D eigenvalue weighted by atomic mass is 10.0. The third-order valence-corrected chi connectivity index (χ3v) is 5.28. The lowest BCUT2D eigenvalue weighted by Gasteiger charge is -2.27. The van der Waals surface area contributed by atoms with Crippen LogP contribution in [0.1, 0.15) is 25.8 Å². The number of carboxylic acids is 1. The van der Waals surface area contributed by atoms with Crippen LogP contribution in [-0.2, 0) is 20.8 Å². The average molecular weight is 382 g/mol. The zero-order valence-corrected chi connectivity index (χ0v) is 16.2. The molecule has 1 aliphatic rings. The fraction of sp³-hybridized carbons (Fsp3) is 0.409. The number of benzene rings is 2. The second kappa shape index (κ2) is 8.42. The molecule has 2 unspecified atom stereocenters. The Labute approximate surface area is 164 Å². The third kappa shape index (κ3) is 4.50. The number of rotatable bonds is 6. The van der Waals surface area contributed by atoms with Gasteiger partial charge in [0.1, 0.15) is 6.04 Å². The SMILES string of the molecule is CC(C)C(NC(=O)Cc1ccc2ccccc2c1)C(=O)N1CCC(C(=O)O)C1. The quantitative estimate of drug-likeness (QED) is 0.803. The molecular weight excluding hydrogens is 356 g/mol. The van der Waals surface area contributed by atoms with E-state index in [0.29, 0.717) is 13.0 Å². The summed E-state index contributed by atoms with van der Waals surface area (Å²) < 4.78 is 0.